The molecule has 2 nitrogen and oxygen atoms in total. The van der Waals surface area contributed by atoms with E-state index in [1.54, 1.807) is 0 Å². The molecule has 1 aliphatic heterocycles. The summed E-state index contributed by atoms with van der Waals surface area (Å²) < 4.78 is 0. The highest BCUT2D eigenvalue weighted by atomic mass is 14.8. The molecule has 0 bridgehead atoms. The van der Waals surface area contributed by atoms with E-state index in [1.807, 2.05) is 12.4 Å². The Morgan fingerprint density at radius 2 is 1.04 bits per heavy atom. The van der Waals surface area contributed by atoms with E-state index in [0.29, 0.717) is 0 Å². The minimum Gasteiger partial charge on any atom is -0.258 e. The van der Waals surface area contributed by atoms with Crippen molar-refractivity contribution in [1.82, 2.24) is 4.98 Å². The van der Waals surface area contributed by atoms with Gasteiger partial charge in [0, 0.05) is 23.5 Å². The summed E-state index contributed by atoms with van der Waals surface area (Å²) in [4.78, 5) is 10.0. The van der Waals surface area contributed by atoms with Crippen molar-refractivity contribution >= 4 is 88.2 Å². The van der Waals surface area contributed by atoms with Crippen LogP contribution in [0.15, 0.2) is 133 Å². The molecule has 0 radical (unpaired) electrons. The molecule has 46 heavy (non-hydrogen) atoms. The summed E-state index contributed by atoms with van der Waals surface area (Å²) in [6, 6.07) is 42.8. The summed E-state index contributed by atoms with van der Waals surface area (Å²) in [7, 11) is 0. The van der Waals surface area contributed by atoms with Gasteiger partial charge in [-0.25, -0.2) is 0 Å². The van der Waals surface area contributed by atoms with Crippen LogP contribution in [0.3, 0.4) is 0 Å². The van der Waals surface area contributed by atoms with E-state index in [0.717, 1.165) is 17.5 Å². The number of nitrogens with zero attached hydrogens (tertiary/aromatic N) is 2. The fraction of sp³-hybridized carbons (Fsp3) is 0.0455. The van der Waals surface area contributed by atoms with Gasteiger partial charge in [0.05, 0.1) is 11.0 Å². The number of benzene rings is 8. The number of allylic oxidation sites excluding steroid dienone is 1. The SMILES string of the molecule is C1=NC2=c3nccc(-c4ccc5ccc6cccc7ccc4c5c67)c3=CCC2C(c2ccc3ccc4cccc5ccc2c3c45)=C1. The standard InChI is InChI=1S/C44H26N2/c1-3-25-7-9-29-11-15-31(35-17-13-27(5-1)39(25)41(29)35)33-21-23-45-43-37(33)19-20-38-34(22-24-46-44(38)43)32-16-12-30-10-8-26-4-2-6-28-14-18-36(32)42(30)40(26)28/h1-19,21-24,38H,20H2. The molecular formula is C44H26N2. The molecule has 1 unspecified atom stereocenters. The van der Waals surface area contributed by atoms with E-state index >= 15 is 0 Å². The summed E-state index contributed by atoms with van der Waals surface area (Å²) in [5, 5.41) is 17.9. The molecule has 2 aliphatic rings. The second kappa shape index (κ2) is 8.87. The first-order valence-corrected chi connectivity index (χ1v) is 16.1. The molecule has 0 amide bonds. The first kappa shape index (κ1) is 24.5. The molecule has 1 atom stereocenters. The lowest BCUT2D eigenvalue weighted by Crippen LogP contribution is -2.37. The van der Waals surface area contributed by atoms with Crippen molar-refractivity contribution in [3.8, 4) is 11.1 Å². The Labute approximate surface area is 264 Å². The van der Waals surface area contributed by atoms with Crippen molar-refractivity contribution in [2.45, 2.75) is 6.42 Å². The van der Waals surface area contributed by atoms with Crippen LogP contribution in [0, 0.1) is 5.92 Å². The Kier molecular flexibility index (Phi) is 4.71. The average Bonchev–Trinajstić information content (AvgIpc) is 3.12. The number of aliphatic imine (C=N–C) groups is 1. The first-order chi connectivity index (χ1) is 22.8. The molecule has 2 heteroatoms. The van der Waals surface area contributed by atoms with Crippen LogP contribution < -0.4 is 10.6 Å². The van der Waals surface area contributed by atoms with Gasteiger partial charge in [-0.3, -0.25) is 9.98 Å². The van der Waals surface area contributed by atoms with Crippen molar-refractivity contribution < 1.29 is 0 Å². The minimum absolute atomic E-state index is 0.153. The number of pyridine rings is 1. The van der Waals surface area contributed by atoms with E-state index in [1.165, 1.54) is 92.1 Å². The van der Waals surface area contributed by atoms with Crippen LogP contribution in [0.25, 0.3) is 93.1 Å². The van der Waals surface area contributed by atoms with Gasteiger partial charge in [0.2, 0.25) is 0 Å². The zero-order valence-corrected chi connectivity index (χ0v) is 25.0. The summed E-state index contributed by atoms with van der Waals surface area (Å²) in [6.45, 7) is 0. The first-order valence-electron chi connectivity index (χ1n) is 16.1. The normalized spacial score (nSPS) is 16.1. The van der Waals surface area contributed by atoms with Crippen LogP contribution in [-0.2, 0) is 0 Å². The number of rotatable bonds is 2. The maximum Gasteiger partial charge on any atom is 0.0926 e. The number of hydrogen-bond acceptors (Lipinski definition) is 2. The molecule has 8 aromatic carbocycles. The zero-order chi connectivity index (χ0) is 29.9. The number of fused-ring (bicyclic) bond motifs is 2. The lowest BCUT2D eigenvalue weighted by molar-refractivity contribution is 0.854. The Balaban J connectivity index is 1.12. The smallest absolute Gasteiger partial charge is 0.0926 e. The highest BCUT2D eigenvalue weighted by Gasteiger charge is 2.28. The van der Waals surface area contributed by atoms with Gasteiger partial charge in [0.15, 0.2) is 0 Å². The van der Waals surface area contributed by atoms with Crippen molar-refractivity contribution in [2.75, 3.05) is 0 Å². The quantitative estimate of drug-likeness (QED) is 0.186. The largest absolute Gasteiger partial charge is 0.258 e. The molecule has 0 fully saturated rings. The Hall–Kier alpha value is -5.86. The lowest BCUT2D eigenvalue weighted by atomic mass is 9.80. The summed E-state index contributed by atoms with van der Waals surface area (Å²) in [5.41, 5.74) is 6.16. The molecule has 0 saturated carbocycles. The van der Waals surface area contributed by atoms with Gasteiger partial charge in [0.25, 0.3) is 0 Å². The topological polar surface area (TPSA) is 25.2 Å². The van der Waals surface area contributed by atoms with Gasteiger partial charge in [-0.15, -0.1) is 0 Å². The predicted octanol–water partition coefficient (Wildman–Crippen LogP) is 9.62. The van der Waals surface area contributed by atoms with Crippen LogP contribution >= 0.6 is 0 Å². The predicted molar refractivity (Wildman–Crippen MR) is 195 cm³/mol. The average molecular weight is 583 g/mol. The van der Waals surface area contributed by atoms with Crippen LogP contribution in [0.2, 0.25) is 0 Å². The van der Waals surface area contributed by atoms with Crippen LogP contribution in [0.1, 0.15) is 12.0 Å². The van der Waals surface area contributed by atoms with Crippen molar-refractivity contribution in [2.24, 2.45) is 10.9 Å². The van der Waals surface area contributed by atoms with Gasteiger partial charge in [0.1, 0.15) is 0 Å². The summed E-state index contributed by atoms with van der Waals surface area (Å²) >= 11 is 0. The molecule has 0 N–H and O–H groups in total. The van der Waals surface area contributed by atoms with E-state index in [4.69, 9.17) is 9.98 Å². The fourth-order valence-electron chi connectivity index (χ4n) is 8.61. The molecule has 0 spiro atoms. The highest BCUT2D eigenvalue weighted by Crippen LogP contribution is 2.43. The molecule has 1 aliphatic carbocycles. The lowest BCUT2D eigenvalue weighted by Gasteiger charge is -2.27. The molecule has 1 aromatic heterocycles. The molecule has 0 saturated heterocycles. The summed E-state index contributed by atoms with van der Waals surface area (Å²) in [5.74, 6) is 0.153. The Bertz CT molecular complexity index is 2910. The molecular weight excluding hydrogens is 556 g/mol. The van der Waals surface area contributed by atoms with Crippen LogP contribution in [0.5, 0.6) is 0 Å². The third-order valence-electron chi connectivity index (χ3n) is 10.6. The van der Waals surface area contributed by atoms with Crippen molar-refractivity contribution in [3.63, 3.8) is 0 Å². The Morgan fingerprint density at radius 1 is 0.500 bits per heavy atom. The number of hydrogen-bond donors (Lipinski definition) is 0. The third kappa shape index (κ3) is 3.15. The minimum atomic E-state index is 0.153. The van der Waals surface area contributed by atoms with Gasteiger partial charge in [-0.1, -0.05) is 115 Å². The fourth-order valence-corrected chi connectivity index (χ4v) is 8.61. The Morgan fingerprint density at radius 3 is 1.70 bits per heavy atom. The van der Waals surface area contributed by atoms with Crippen molar-refractivity contribution in [3.05, 3.63) is 144 Å². The monoisotopic (exact) mass is 582 g/mol. The zero-order valence-electron chi connectivity index (χ0n) is 25.0. The number of dihydropyridines is 1. The number of aromatic nitrogens is 1. The molecule has 9 aromatic rings. The van der Waals surface area contributed by atoms with E-state index in [9.17, 15) is 0 Å². The molecule has 212 valence electrons. The third-order valence-corrected chi connectivity index (χ3v) is 10.6. The second-order valence-corrected chi connectivity index (χ2v) is 12.8. The van der Waals surface area contributed by atoms with E-state index in [-0.39, 0.29) is 5.92 Å². The van der Waals surface area contributed by atoms with Gasteiger partial charge in [-0.05, 0) is 105 Å². The maximum atomic E-state index is 5.03. The van der Waals surface area contributed by atoms with E-state index < -0.39 is 0 Å². The van der Waals surface area contributed by atoms with Crippen LogP contribution in [-0.4, -0.2) is 11.2 Å². The van der Waals surface area contributed by atoms with Crippen LogP contribution in [0.4, 0.5) is 0 Å². The summed E-state index contributed by atoms with van der Waals surface area (Å²) in [6.07, 6.45) is 9.48. The van der Waals surface area contributed by atoms with Gasteiger partial charge >= 0.3 is 0 Å². The van der Waals surface area contributed by atoms with Crippen molar-refractivity contribution in [1.29, 1.82) is 0 Å². The highest BCUT2D eigenvalue weighted by molar-refractivity contribution is 6.26. The van der Waals surface area contributed by atoms with E-state index in [2.05, 4.69) is 127 Å². The van der Waals surface area contributed by atoms with Gasteiger partial charge < -0.3 is 0 Å². The molecule has 11 rings (SSSR count). The molecule has 2 heterocycles. The van der Waals surface area contributed by atoms with Gasteiger partial charge in [-0.2, -0.15) is 0 Å². The second-order valence-electron chi connectivity index (χ2n) is 12.8. The maximum absolute atomic E-state index is 5.03.